The van der Waals surface area contributed by atoms with Gasteiger partial charge in [0.25, 0.3) is 0 Å². The van der Waals surface area contributed by atoms with E-state index in [1.54, 1.807) is 12.2 Å². The Labute approximate surface area is 109 Å². The lowest BCUT2D eigenvalue weighted by Crippen LogP contribution is -2.23. The normalized spacial score (nSPS) is 11.2. The van der Waals surface area contributed by atoms with Crippen molar-refractivity contribution in [2.45, 2.75) is 13.3 Å². The fraction of sp³-hybridized carbons (Fsp3) is 0.250. The molecule has 0 unspecified atom stereocenters. The highest BCUT2D eigenvalue weighted by Crippen LogP contribution is 2.09. The fourth-order valence-corrected chi connectivity index (χ4v) is 1.90. The van der Waals surface area contributed by atoms with Crippen LogP contribution < -0.4 is 5.32 Å². The molecule has 0 aliphatic heterocycles. The highest BCUT2D eigenvalue weighted by atomic mass is 32.1. The van der Waals surface area contributed by atoms with Gasteiger partial charge in [0.1, 0.15) is 0 Å². The predicted molar refractivity (Wildman–Crippen MR) is 69.7 cm³/mol. The lowest BCUT2D eigenvalue weighted by Gasteiger charge is -1.98. The average Bonchev–Trinajstić information content (AvgIpc) is 2.78. The number of hydrogen-bond acceptors (Lipinski definition) is 4. The van der Waals surface area contributed by atoms with Gasteiger partial charge in [-0.25, -0.2) is 9.78 Å². The molecule has 0 aromatic carbocycles. The molecule has 6 heteroatoms. The van der Waals surface area contributed by atoms with Crippen LogP contribution >= 0.6 is 11.3 Å². The van der Waals surface area contributed by atoms with Crippen LogP contribution in [0.25, 0.3) is 0 Å². The van der Waals surface area contributed by atoms with Crippen LogP contribution in [0.4, 0.5) is 0 Å². The molecule has 0 aliphatic carbocycles. The number of nitrogens with one attached hydrogen (secondary N) is 1. The third kappa shape index (κ3) is 4.92. The number of nitrogens with zero attached hydrogens (tertiary/aromatic N) is 1. The van der Waals surface area contributed by atoms with E-state index in [4.69, 9.17) is 5.11 Å². The van der Waals surface area contributed by atoms with Crippen LogP contribution in [0.15, 0.2) is 29.7 Å². The molecule has 1 rings (SSSR count). The van der Waals surface area contributed by atoms with Crippen molar-refractivity contribution in [2.24, 2.45) is 0 Å². The zero-order chi connectivity index (χ0) is 13.4. The molecule has 2 N–H and O–H groups in total. The molecule has 0 saturated heterocycles. The van der Waals surface area contributed by atoms with E-state index >= 15 is 0 Å². The maximum atomic E-state index is 11.3. The number of rotatable bonds is 6. The predicted octanol–water partition coefficient (Wildman–Crippen LogP) is 1.63. The van der Waals surface area contributed by atoms with E-state index < -0.39 is 5.97 Å². The van der Waals surface area contributed by atoms with Crippen molar-refractivity contribution in [1.29, 1.82) is 0 Å². The first-order chi connectivity index (χ1) is 8.63. The van der Waals surface area contributed by atoms with Gasteiger partial charge in [-0.15, -0.1) is 11.3 Å². The van der Waals surface area contributed by atoms with Gasteiger partial charge >= 0.3 is 5.97 Å². The first-order valence-electron chi connectivity index (χ1n) is 5.38. The molecule has 0 aliphatic rings. The van der Waals surface area contributed by atoms with Crippen molar-refractivity contribution in [2.75, 3.05) is 6.54 Å². The zero-order valence-electron chi connectivity index (χ0n) is 9.92. The number of amides is 1. The Kier molecular flexibility index (Phi) is 5.79. The van der Waals surface area contributed by atoms with Gasteiger partial charge in [-0.1, -0.05) is 18.2 Å². The van der Waals surface area contributed by atoms with Gasteiger partial charge in [0.05, 0.1) is 5.01 Å². The molecular weight excluding hydrogens is 252 g/mol. The second kappa shape index (κ2) is 7.39. The summed E-state index contributed by atoms with van der Waals surface area (Å²) in [5.41, 5.74) is 0.0503. The van der Waals surface area contributed by atoms with Crippen molar-refractivity contribution in [1.82, 2.24) is 10.3 Å². The number of thiazole rings is 1. The maximum Gasteiger partial charge on any atom is 0.355 e. The van der Waals surface area contributed by atoms with Crippen LogP contribution in [0.5, 0.6) is 0 Å². The van der Waals surface area contributed by atoms with Gasteiger partial charge in [-0.05, 0) is 6.92 Å². The third-order valence-corrected chi connectivity index (χ3v) is 2.87. The van der Waals surface area contributed by atoms with Crippen molar-refractivity contribution in [3.8, 4) is 0 Å². The van der Waals surface area contributed by atoms with Crippen molar-refractivity contribution >= 4 is 23.2 Å². The van der Waals surface area contributed by atoms with E-state index in [1.807, 2.05) is 13.0 Å². The molecule has 1 aromatic rings. The van der Waals surface area contributed by atoms with Gasteiger partial charge in [-0.2, -0.15) is 0 Å². The maximum absolute atomic E-state index is 11.3. The summed E-state index contributed by atoms with van der Waals surface area (Å²) in [4.78, 5) is 25.8. The van der Waals surface area contributed by atoms with Crippen LogP contribution in [-0.4, -0.2) is 28.5 Å². The smallest absolute Gasteiger partial charge is 0.355 e. The monoisotopic (exact) mass is 266 g/mol. The highest BCUT2D eigenvalue weighted by Gasteiger charge is 2.08. The number of carbonyl (C=O) groups is 2. The first kappa shape index (κ1) is 14.1. The Morgan fingerprint density at radius 2 is 2.28 bits per heavy atom. The minimum absolute atomic E-state index is 0.0503. The minimum Gasteiger partial charge on any atom is -0.476 e. The number of carboxylic acid groups (broad SMARTS) is 1. The topological polar surface area (TPSA) is 79.3 Å². The quantitative estimate of drug-likeness (QED) is 0.606. The van der Waals surface area contributed by atoms with Gasteiger partial charge < -0.3 is 10.4 Å². The Balaban J connectivity index is 2.32. The lowest BCUT2D eigenvalue weighted by atomic mass is 10.4. The molecule has 96 valence electrons. The molecule has 0 saturated carbocycles. The summed E-state index contributed by atoms with van der Waals surface area (Å²) in [5, 5.41) is 13.6. The van der Waals surface area contributed by atoms with Gasteiger partial charge in [-0.3, -0.25) is 4.79 Å². The summed E-state index contributed by atoms with van der Waals surface area (Å²) in [6.07, 6.45) is 7.21. The fourth-order valence-electron chi connectivity index (χ4n) is 1.13. The summed E-state index contributed by atoms with van der Waals surface area (Å²) in [7, 11) is 0. The van der Waals surface area contributed by atoms with Crippen molar-refractivity contribution in [3.63, 3.8) is 0 Å². The summed E-state index contributed by atoms with van der Waals surface area (Å²) >= 11 is 1.28. The van der Waals surface area contributed by atoms with E-state index in [-0.39, 0.29) is 11.6 Å². The Hall–Kier alpha value is -1.95. The second-order valence-corrected chi connectivity index (χ2v) is 4.30. The van der Waals surface area contributed by atoms with Crippen LogP contribution in [0.1, 0.15) is 22.4 Å². The molecule has 1 amide bonds. The molecule has 18 heavy (non-hydrogen) atoms. The largest absolute Gasteiger partial charge is 0.476 e. The van der Waals surface area contributed by atoms with Gasteiger partial charge in [0.2, 0.25) is 5.91 Å². The van der Waals surface area contributed by atoms with Gasteiger partial charge in [0, 0.05) is 24.4 Å². The Morgan fingerprint density at radius 1 is 1.50 bits per heavy atom. The summed E-state index contributed by atoms with van der Waals surface area (Å²) in [6.45, 7) is 2.30. The van der Waals surface area contributed by atoms with Crippen LogP contribution in [-0.2, 0) is 11.2 Å². The zero-order valence-corrected chi connectivity index (χ0v) is 10.7. The third-order valence-electron chi connectivity index (χ3n) is 1.96. The molecule has 5 nitrogen and oxygen atoms in total. The summed E-state index contributed by atoms with van der Waals surface area (Å²) < 4.78 is 0. The summed E-state index contributed by atoms with van der Waals surface area (Å²) in [6, 6.07) is 0. The molecule has 0 radical (unpaired) electrons. The molecule has 1 aromatic heterocycles. The molecule has 0 atom stereocenters. The van der Waals surface area contributed by atoms with E-state index in [0.717, 1.165) is 0 Å². The molecule has 0 spiro atoms. The van der Waals surface area contributed by atoms with Crippen molar-refractivity contribution in [3.05, 3.63) is 40.4 Å². The Morgan fingerprint density at radius 3 is 2.89 bits per heavy atom. The molecular formula is C12H14N2O3S. The number of carboxylic acids is 1. The summed E-state index contributed by atoms with van der Waals surface area (Å²) in [5.74, 6) is -1.21. The number of allylic oxidation sites excluding steroid dienone is 3. The Bertz CT molecular complexity index is 477. The standard InChI is InChI=1S/C12H14N2O3S/c1-2-3-4-5-10(15)13-7-6-11-14-9(8-18-11)12(16)17/h2-5,8H,6-7H2,1H3,(H,13,15)(H,16,17). The van der Waals surface area contributed by atoms with E-state index in [2.05, 4.69) is 10.3 Å². The van der Waals surface area contributed by atoms with Crippen LogP contribution in [0.3, 0.4) is 0 Å². The highest BCUT2D eigenvalue weighted by molar-refractivity contribution is 7.09. The minimum atomic E-state index is -1.03. The van der Waals surface area contributed by atoms with Gasteiger partial charge in [0.15, 0.2) is 5.69 Å². The number of aromatic nitrogens is 1. The molecule has 0 bridgehead atoms. The van der Waals surface area contributed by atoms with E-state index in [9.17, 15) is 9.59 Å². The molecule has 0 fully saturated rings. The van der Waals surface area contributed by atoms with Crippen LogP contribution in [0.2, 0.25) is 0 Å². The SMILES string of the molecule is CC=CC=CC(=O)NCCc1nc(C(=O)O)cs1. The van der Waals surface area contributed by atoms with E-state index in [1.165, 1.54) is 22.8 Å². The van der Waals surface area contributed by atoms with E-state index in [0.29, 0.717) is 18.0 Å². The number of hydrogen-bond donors (Lipinski definition) is 2. The molecule has 1 heterocycles. The first-order valence-corrected chi connectivity index (χ1v) is 6.26. The number of carbonyl (C=O) groups excluding carboxylic acids is 1. The average molecular weight is 266 g/mol. The van der Waals surface area contributed by atoms with Crippen LogP contribution in [0, 0.1) is 0 Å². The second-order valence-electron chi connectivity index (χ2n) is 3.36. The number of aromatic carboxylic acids is 1. The van der Waals surface area contributed by atoms with Crippen molar-refractivity contribution < 1.29 is 14.7 Å². The lowest BCUT2D eigenvalue weighted by molar-refractivity contribution is -0.116.